The van der Waals surface area contributed by atoms with Crippen LogP contribution in [0, 0.1) is 16.0 Å². The van der Waals surface area contributed by atoms with Crippen molar-refractivity contribution in [3.63, 3.8) is 0 Å². The summed E-state index contributed by atoms with van der Waals surface area (Å²) in [6, 6.07) is 7.02. The van der Waals surface area contributed by atoms with Gasteiger partial charge in [0.05, 0.1) is 5.92 Å². The predicted molar refractivity (Wildman–Crippen MR) is 73.0 cm³/mol. The molecule has 102 valence electrons. The molecule has 0 saturated heterocycles. The summed E-state index contributed by atoms with van der Waals surface area (Å²) in [5, 5.41) is 11.5. The highest BCUT2D eigenvalue weighted by atomic mass is 35.5. The number of benzene rings is 1. The van der Waals surface area contributed by atoms with Crippen molar-refractivity contribution in [2.45, 2.75) is 31.6 Å². The molecule has 1 fully saturated rings. The number of ketones is 1. The lowest BCUT2D eigenvalue weighted by Gasteiger charge is -2.27. The number of halogens is 1. The minimum absolute atomic E-state index is 0.160. The van der Waals surface area contributed by atoms with E-state index in [0.717, 1.165) is 24.8 Å². The summed E-state index contributed by atoms with van der Waals surface area (Å²) >= 11 is 5.84. The molecule has 0 N–H and O–H groups in total. The van der Waals surface area contributed by atoms with Gasteiger partial charge in [-0.25, -0.2) is 0 Å². The van der Waals surface area contributed by atoms with Crippen LogP contribution in [0.1, 0.15) is 37.2 Å². The van der Waals surface area contributed by atoms with Gasteiger partial charge < -0.3 is 0 Å². The van der Waals surface area contributed by atoms with E-state index in [1.54, 1.807) is 24.3 Å². The van der Waals surface area contributed by atoms with Gasteiger partial charge in [-0.05, 0) is 30.5 Å². The van der Waals surface area contributed by atoms with Gasteiger partial charge in [-0.3, -0.25) is 14.9 Å². The van der Waals surface area contributed by atoms with E-state index < -0.39 is 0 Å². The Bertz CT molecular complexity index is 472. The van der Waals surface area contributed by atoms with Gasteiger partial charge in [0.2, 0.25) is 6.54 Å². The fraction of sp³-hybridized carbons (Fsp3) is 0.500. The van der Waals surface area contributed by atoms with Crippen LogP contribution in [0.5, 0.6) is 0 Å². The molecule has 1 aliphatic carbocycles. The van der Waals surface area contributed by atoms with E-state index >= 15 is 0 Å². The minimum Gasteiger partial charge on any atom is -0.299 e. The molecule has 0 radical (unpaired) electrons. The molecule has 1 unspecified atom stereocenters. The van der Waals surface area contributed by atoms with E-state index in [-0.39, 0.29) is 29.1 Å². The molecule has 1 aromatic rings. The first-order valence-corrected chi connectivity index (χ1v) is 6.85. The van der Waals surface area contributed by atoms with Crippen LogP contribution in [0.3, 0.4) is 0 Å². The molecule has 2 rings (SSSR count). The molecule has 0 bridgehead atoms. The number of carbonyl (C=O) groups is 1. The van der Waals surface area contributed by atoms with Crippen LogP contribution < -0.4 is 0 Å². The highest BCUT2D eigenvalue weighted by Gasteiger charge is 2.34. The summed E-state index contributed by atoms with van der Waals surface area (Å²) in [4.78, 5) is 22.5. The normalized spacial score (nSPS) is 21.1. The Morgan fingerprint density at radius 3 is 2.58 bits per heavy atom. The van der Waals surface area contributed by atoms with E-state index in [1.165, 1.54) is 0 Å². The van der Waals surface area contributed by atoms with Crippen molar-refractivity contribution in [1.82, 2.24) is 0 Å². The van der Waals surface area contributed by atoms with Gasteiger partial charge in [0.15, 0.2) is 0 Å². The topological polar surface area (TPSA) is 60.2 Å². The largest absolute Gasteiger partial charge is 0.299 e. The van der Waals surface area contributed by atoms with Crippen molar-refractivity contribution in [3.8, 4) is 0 Å². The summed E-state index contributed by atoms with van der Waals surface area (Å²) in [5.41, 5.74) is 0.835. The van der Waals surface area contributed by atoms with Gasteiger partial charge in [-0.15, -0.1) is 0 Å². The molecule has 19 heavy (non-hydrogen) atoms. The molecule has 0 spiro atoms. The van der Waals surface area contributed by atoms with Crippen molar-refractivity contribution in [2.75, 3.05) is 6.54 Å². The van der Waals surface area contributed by atoms with E-state index in [9.17, 15) is 14.9 Å². The summed E-state index contributed by atoms with van der Waals surface area (Å²) in [5.74, 6) is -0.395. The van der Waals surface area contributed by atoms with Gasteiger partial charge in [0.25, 0.3) is 0 Å². The lowest BCUT2D eigenvalue weighted by molar-refractivity contribution is -0.484. The second kappa shape index (κ2) is 6.15. The van der Waals surface area contributed by atoms with Gasteiger partial charge >= 0.3 is 0 Å². The average molecular weight is 282 g/mol. The first kappa shape index (κ1) is 14.0. The van der Waals surface area contributed by atoms with Gasteiger partial charge in [-0.2, -0.15) is 0 Å². The van der Waals surface area contributed by atoms with E-state index in [0.29, 0.717) is 11.4 Å². The Balaban J connectivity index is 2.26. The summed E-state index contributed by atoms with van der Waals surface area (Å²) < 4.78 is 0. The lowest BCUT2D eigenvalue weighted by atomic mass is 9.76. The fourth-order valence-electron chi connectivity index (χ4n) is 2.77. The lowest BCUT2D eigenvalue weighted by Crippen LogP contribution is -2.30. The van der Waals surface area contributed by atoms with Crippen LogP contribution in [0.2, 0.25) is 5.02 Å². The second-order valence-corrected chi connectivity index (χ2v) is 5.43. The molecular weight excluding hydrogens is 266 g/mol. The van der Waals surface area contributed by atoms with Gasteiger partial charge in [0.1, 0.15) is 5.78 Å². The van der Waals surface area contributed by atoms with Crippen LogP contribution in [0.25, 0.3) is 0 Å². The Morgan fingerprint density at radius 1 is 1.32 bits per heavy atom. The smallest absolute Gasteiger partial charge is 0.211 e. The van der Waals surface area contributed by atoms with Crippen molar-refractivity contribution in [2.24, 2.45) is 5.92 Å². The third-order valence-corrected chi connectivity index (χ3v) is 3.98. The number of Topliss-reactive ketones (excluding diaryl/α,β-unsaturated/α-hetero) is 1. The molecule has 0 aromatic heterocycles. The molecule has 1 saturated carbocycles. The highest BCUT2D eigenvalue weighted by molar-refractivity contribution is 6.30. The molecule has 0 heterocycles. The molecule has 0 aliphatic heterocycles. The van der Waals surface area contributed by atoms with Crippen LogP contribution in [-0.4, -0.2) is 17.3 Å². The van der Waals surface area contributed by atoms with Crippen molar-refractivity contribution < 1.29 is 9.72 Å². The number of nitrogens with zero attached hydrogens (tertiary/aromatic N) is 1. The third kappa shape index (κ3) is 3.53. The van der Waals surface area contributed by atoms with Gasteiger partial charge in [0, 0.05) is 22.3 Å². The standard InChI is InChI=1S/C14H16ClNO3/c15-11-7-5-10(6-8-11)13(9-16(18)19)12-3-1-2-4-14(12)17/h5-8,12-13H,1-4,9H2/t12-,13?/m1/s1. The molecule has 1 aliphatic rings. The summed E-state index contributed by atoms with van der Waals surface area (Å²) in [7, 11) is 0. The van der Waals surface area contributed by atoms with Gasteiger partial charge in [-0.1, -0.05) is 30.2 Å². The van der Waals surface area contributed by atoms with Crippen LogP contribution in [-0.2, 0) is 4.79 Å². The first-order chi connectivity index (χ1) is 9.08. The number of hydrogen-bond donors (Lipinski definition) is 0. The zero-order chi connectivity index (χ0) is 13.8. The Hall–Kier alpha value is -1.42. The Labute approximate surface area is 116 Å². The van der Waals surface area contributed by atoms with Crippen LogP contribution >= 0.6 is 11.6 Å². The molecular formula is C14H16ClNO3. The quantitative estimate of drug-likeness (QED) is 0.627. The molecule has 0 amide bonds. The average Bonchev–Trinajstić information content (AvgIpc) is 2.38. The highest BCUT2D eigenvalue weighted by Crippen LogP contribution is 2.34. The molecule has 2 atom stereocenters. The van der Waals surface area contributed by atoms with Crippen molar-refractivity contribution in [3.05, 3.63) is 45.0 Å². The third-order valence-electron chi connectivity index (χ3n) is 3.73. The van der Waals surface area contributed by atoms with E-state index in [1.807, 2.05) is 0 Å². The maximum absolute atomic E-state index is 12.0. The summed E-state index contributed by atoms with van der Waals surface area (Å²) in [6.45, 7) is -0.196. The maximum atomic E-state index is 12.0. The Morgan fingerprint density at radius 2 is 2.00 bits per heavy atom. The van der Waals surface area contributed by atoms with Crippen LogP contribution in [0.15, 0.2) is 24.3 Å². The zero-order valence-electron chi connectivity index (χ0n) is 10.5. The molecule has 1 aromatic carbocycles. The van der Waals surface area contributed by atoms with Crippen molar-refractivity contribution in [1.29, 1.82) is 0 Å². The molecule has 5 heteroatoms. The predicted octanol–water partition coefficient (Wildman–Crippen LogP) is 3.46. The monoisotopic (exact) mass is 281 g/mol. The van der Waals surface area contributed by atoms with E-state index in [2.05, 4.69) is 0 Å². The number of hydrogen-bond acceptors (Lipinski definition) is 3. The zero-order valence-corrected chi connectivity index (χ0v) is 11.3. The number of carbonyl (C=O) groups excluding carboxylic acids is 1. The van der Waals surface area contributed by atoms with Crippen LogP contribution in [0.4, 0.5) is 0 Å². The Kier molecular flexibility index (Phi) is 4.53. The maximum Gasteiger partial charge on any atom is 0.211 e. The fourth-order valence-corrected chi connectivity index (χ4v) is 2.90. The second-order valence-electron chi connectivity index (χ2n) is 4.99. The van der Waals surface area contributed by atoms with E-state index in [4.69, 9.17) is 11.6 Å². The van der Waals surface area contributed by atoms with Crippen molar-refractivity contribution >= 4 is 17.4 Å². The summed E-state index contributed by atoms with van der Waals surface area (Å²) in [6.07, 6.45) is 3.17. The number of nitro groups is 1. The SMILES string of the molecule is O=C1CCCC[C@@H]1C(C[N+](=O)[O-])c1ccc(Cl)cc1. The minimum atomic E-state index is -0.333. The first-order valence-electron chi connectivity index (χ1n) is 6.48. The molecule has 4 nitrogen and oxygen atoms in total. The number of rotatable bonds is 4.